The van der Waals surface area contributed by atoms with Gasteiger partial charge in [0.05, 0.1) is 6.04 Å². The number of halogens is 1. The third kappa shape index (κ3) is 2.85. The molecular weight excluding hydrogens is 281 g/mol. The van der Waals surface area contributed by atoms with Gasteiger partial charge in [0.1, 0.15) is 5.82 Å². The zero-order valence-corrected chi connectivity index (χ0v) is 13.0. The van der Waals surface area contributed by atoms with Crippen molar-refractivity contribution in [2.75, 3.05) is 6.54 Å². The van der Waals surface area contributed by atoms with Crippen molar-refractivity contribution in [2.24, 2.45) is 0 Å². The van der Waals surface area contributed by atoms with E-state index in [1.54, 1.807) is 17.4 Å². The number of rotatable bonds is 4. The molecule has 1 unspecified atom stereocenters. The van der Waals surface area contributed by atoms with Crippen LogP contribution in [-0.4, -0.2) is 6.54 Å². The molecule has 108 valence electrons. The van der Waals surface area contributed by atoms with E-state index in [1.807, 2.05) is 38.1 Å². The van der Waals surface area contributed by atoms with Crippen LogP contribution in [0.15, 0.2) is 48.5 Å². The smallest absolute Gasteiger partial charge is 0.128 e. The minimum Gasteiger partial charge on any atom is -0.306 e. The predicted molar refractivity (Wildman–Crippen MR) is 88.5 cm³/mol. The molecule has 1 aromatic heterocycles. The maximum atomic E-state index is 14.2. The number of thiophene rings is 1. The van der Waals surface area contributed by atoms with E-state index >= 15 is 0 Å². The lowest BCUT2D eigenvalue weighted by Crippen LogP contribution is -2.22. The Morgan fingerprint density at radius 3 is 2.71 bits per heavy atom. The fraction of sp³-hybridized carbons (Fsp3) is 0.222. The first kappa shape index (κ1) is 14.2. The van der Waals surface area contributed by atoms with Crippen LogP contribution in [0.25, 0.3) is 10.1 Å². The lowest BCUT2D eigenvalue weighted by molar-refractivity contribution is 0.562. The molecule has 21 heavy (non-hydrogen) atoms. The summed E-state index contributed by atoms with van der Waals surface area (Å²) in [5.41, 5.74) is 1.80. The predicted octanol–water partition coefficient (Wildman–Crippen LogP) is 5.05. The fourth-order valence-corrected chi connectivity index (χ4v) is 3.76. The molecule has 1 heterocycles. The van der Waals surface area contributed by atoms with Crippen LogP contribution in [0.2, 0.25) is 0 Å². The summed E-state index contributed by atoms with van der Waals surface area (Å²) in [5.74, 6) is -0.149. The Balaban J connectivity index is 2.10. The Morgan fingerprint density at radius 2 is 1.95 bits per heavy atom. The number of nitrogens with one attached hydrogen (secondary N) is 1. The molecule has 0 spiro atoms. The lowest BCUT2D eigenvalue weighted by atomic mass is 10.0. The Bertz CT molecular complexity index is 730. The molecule has 0 radical (unpaired) electrons. The van der Waals surface area contributed by atoms with Crippen molar-refractivity contribution >= 4 is 21.4 Å². The molecule has 0 saturated carbocycles. The summed E-state index contributed by atoms with van der Waals surface area (Å²) in [6.07, 6.45) is 0. The van der Waals surface area contributed by atoms with E-state index in [1.165, 1.54) is 10.1 Å². The molecule has 1 N–H and O–H groups in total. The molecule has 0 aliphatic rings. The summed E-state index contributed by atoms with van der Waals surface area (Å²) in [4.78, 5) is 1.16. The van der Waals surface area contributed by atoms with Crippen LogP contribution < -0.4 is 5.32 Å². The van der Waals surface area contributed by atoms with E-state index in [9.17, 15) is 4.39 Å². The van der Waals surface area contributed by atoms with Crippen LogP contribution in [0.4, 0.5) is 4.39 Å². The third-order valence-corrected chi connectivity index (χ3v) is 4.78. The van der Waals surface area contributed by atoms with Gasteiger partial charge in [-0.25, -0.2) is 4.39 Å². The van der Waals surface area contributed by atoms with Gasteiger partial charge in [0.2, 0.25) is 0 Å². The first-order valence-corrected chi connectivity index (χ1v) is 7.98. The molecule has 3 rings (SSSR count). The van der Waals surface area contributed by atoms with Crippen molar-refractivity contribution in [3.63, 3.8) is 0 Å². The molecular formula is C18H18FNS. The molecule has 2 aromatic carbocycles. The average Bonchev–Trinajstić information content (AvgIpc) is 2.91. The lowest BCUT2D eigenvalue weighted by Gasteiger charge is -2.18. The highest BCUT2D eigenvalue weighted by atomic mass is 32.1. The summed E-state index contributed by atoms with van der Waals surface area (Å²) < 4.78 is 15.5. The molecule has 1 atom stereocenters. The van der Waals surface area contributed by atoms with Gasteiger partial charge in [-0.3, -0.25) is 0 Å². The summed E-state index contributed by atoms with van der Waals surface area (Å²) in [5, 5.41) is 4.63. The molecule has 0 aliphatic heterocycles. The number of fused-ring (bicyclic) bond motifs is 1. The monoisotopic (exact) mass is 299 g/mol. The number of hydrogen-bond donors (Lipinski definition) is 1. The van der Waals surface area contributed by atoms with Crippen molar-refractivity contribution in [1.29, 1.82) is 0 Å². The van der Waals surface area contributed by atoms with Crippen LogP contribution >= 0.6 is 11.3 Å². The molecule has 3 aromatic rings. The van der Waals surface area contributed by atoms with Gasteiger partial charge in [0.15, 0.2) is 0 Å². The quantitative estimate of drug-likeness (QED) is 0.711. The van der Waals surface area contributed by atoms with Crippen molar-refractivity contribution in [3.05, 3.63) is 70.4 Å². The van der Waals surface area contributed by atoms with Crippen molar-refractivity contribution < 1.29 is 4.39 Å². The normalized spacial score (nSPS) is 12.7. The standard InChI is InChI=1S/C18H18FNS/c1-3-20-18(14-10-12(2)8-9-15(14)19)17-11-13-6-4-5-7-16(13)21-17/h4-11,18,20H,3H2,1-2H3. The summed E-state index contributed by atoms with van der Waals surface area (Å²) in [6, 6.07) is 15.7. The second kappa shape index (κ2) is 5.96. The summed E-state index contributed by atoms with van der Waals surface area (Å²) in [6.45, 7) is 4.84. The van der Waals surface area contributed by atoms with E-state index in [0.717, 1.165) is 22.5 Å². The first-order valence-electron chi connectivity index (χ1n) is 7.17. The number of hydrogen-bond acceptors (Lipinski definition) is 2. The Kier molecular flexibility index (Phi) is 4.04. The van der Waals surface area contributed by atoms with Crippen LogP contribution in [-0.2, 0) is 0 Å². The Labute approximate surface area is 128 Å². The Hall–Kier alpha value is -1.71. The van der Waals surface area contributed by atoms with Gasteiger partial charge in [0.25, 0.3) is 0 Å². The number of benzene rings is 2. The highest BCUT2D eigenvalue weighted by Gasteiger charge is 2.19. The van der Waals surface area contributed by atoms with Crippen LogP contribution in [0.3, 0.4) is 0 Å². The van der Waals surface area contributed by atoms with Gasteiger partial charge < -0.3 is 5.32 Å². The van der Waals surface area contributed by atoms with E-state index in [-0.39, 0.29) is 11.9 Å². The highest BCUT2D eigenvalue weighted by Crippen LogP contribution is 2.34. The van der Waals surface area contributed by atoms with Gasteiger partial charge in [-0.15, -0.1) is 11.3 Å². The molecule has 0 saturated heterocycles. The van der Waals surface area contributed by atoms with Crippen molar-refractivity contribution in [3.8, 4) is 0 Å². The van der Waals surface area contributed by atoms with Crippen LogP contribution in [0, 0.1) is 12.7 Å². The number of aryl methyl sites for hydroxylation is 1. The van der Waals surface area contributed by atoms with Gasteiger partial charge >= 0.3 is 0 Å². The maximum Gasteiger partial charge on any atom is 0.128 e. The van der Waals surface area contributed by atoms with Gasteiger partial charge in [0, 0.05) is 15.1 Å². The average molecular weight is 299 g/mol. The largest absolute Gasteiger partial charge is 0.306 e. The fourth-order valence-electron chi connectivity index (χ4n) is 2.60. The van der Waals surface area contributed by atoms with Crippen molar-refractivity contribution in [1.82, 2.24) is 5.32 Å². The maximum absolute atomic E-state index is 14.2. The van der Waals surface area contributed by atoms with Crippen molar-refractivity contribution in [2.45, 2.75) is 19.9 Å². The van der Waals surface area contributed by atoms with E-state index in [4.69, 9.17) is 0 Å². The molecule has 3 heteroatoms. The van der Waals surface area contributed by atoms with E-state index in [0.29, 0.717) is 0 Å². The highest BCUT2D eigenvalue weighted by molar-refractivity contribution is 7.19. The molecule has 0 bridgehead atoms. The summed E-state index contributed by atoms with van der Waals surface area (Å²) in [7, 11) is 0. The van der Waals surface area contributed by atoms with E-state index < -0.39 is 0 Å². The Morgan fingerprint density at radius 1 is 1.14 bits per heavy atom. The molecule has 1 nitrogen and oxygen atoms in total. The second-order valence-corrected chi connectivity index (χ2v) is 6.32. The van der Waals surface area contributed by atoms with Crippen LogP contribution in [0.1, 0.15) is 29.0 Å². The minimum atomic E-state index is -0.149. The van der Waals surface area contributed by atoms with Gasteiger partial charge in [-0.1, -0.05) is 42.8 Å². The topological polar surface area (TPSA) is 12.0 Å². The third-order valence-electron chi connectivity index (χ3n) is 3.60. The molecule has 0 aliphatic carbocycles. The van der Waals surface area contributed by atoms with Gasteiger partial charge in [-0.05, 0) is 37.1 Å². The van der Waals surface area contributed by atoms with Crippen LogP contribution in [0.5, 0.6) is 0 Å². The van der Waals surface area contributed by atoms with Gasteiger partial charge in [-0.2, -0.15) is 0 Å². The molecule has 0 fully saturated rings. The van der Waals surface area contributed by atoms with E-state index in [2.05, 4.69) is 23.5 Å². The minimum absolute atomic E-state index is 0.0905. The zero-order chi connectivity index (χ0) is 14.8. The first-order chi connectivity index (χ1) is 10.2. The SMILES string of the molecule is CCNC(c1cc2ccccc2s1)c1cc(C)ccc1F. The summed E-state index contributed by atoms with van der Waals surface area (Å²) >= 11 is 1.73. The molecule has 0 amide bonds. The second-order valence-electron chi connectivity index (χ2n) is 5.20. The zero-order valence-electron chi connectivity index (χ0n) is 12.2.